The Bertz CT molecular complexity index is 793. The Morgan fingerprint density at radius 3 is 2.88 bits per heavy atom. The van der Waals surface area contributed by atoms with Crippen LogP contribution in [0.4, 0.5) is 0 Å². The first-order chi connectivity index (χ1) is 11.7. The summed E-state index contributed by atoms with van der Waals surface area (Å²) in [4.78, 5) is 30.3. The molecule has 3 rings (SSSR count). The Kier molecular flexibility index (Phi) is 4.83. The molecule has 24 heavy (non-hydrogen) atoms. The highest BCUT2D eigenvalue weighted by molar-refractivity contribution is 5.77. The van der Waals surface area contributed by atoms with E-state index >= 15 is 0 Å². The van der Waals surface area contributed by atoms with Gasteiger partial charge >= 0.3 is 0 Å². The maximum Gasteiger partial charge on any atom is 0.267 e. The van der Waals surface area contributed by atoms with Crippen molar-refractivity contribution in [3.05, 3.63) is 46.9 Å². The number of allylic oxidation sites excluding steroid dienone is 2. The topological polar surface area (TPSA) is 85.9 Å². The van der Waals surface area contributed by atoms with Crippen molar-refractivity contribution in [2.45, 2.75) is 39.2 Å². The van der Waals surface area contributed by atoms with Crippen LogP contribution in [-0.2, 0) is 11.3 Å². The summed E-state index contributed by atoms with van der Waals surface area (Å²) in [6.45, 7) is 2.43. The lowest BCUT2D eigenvalue weighted by molar-refractivity contribution is -0.130. The molecule has 126 valence electrons. The van der Waals surface area contributed by atoms with E-state index < -0.39 is 0 Å². The van der Waals surface area contributed by atoms with Crippen molar-refractivity contribution < 1.29 is 4.79 Å². The predicted molar refractivity (Wildman–Crippen MR) is 87.4 cm³/mol. The van der Waals surface area contributed by atoms with Gasteiger partial charge in [-0.25, -0.2) is 14.3 Å². The molecular formula is C16H20N6O2. The molecule has 0 bridgehead atoms. The molecule has 8 nitrogen and oxygen atoms in total. The van der Waals surface area contributed by atoms with E-state index in [-0.39, 0.29) is 18.0 Å². The third kappa shape index (κ3) is 3.42. The lowest BCUT2D eigenvalue weighted by Crippen LogP contribution is -2.37. The molecule has 0 aromatic carbocycles. The van der Waals surface area contributed by atoms with Crippen molar-refractivity contribution in [1.82, 2.24) is 29.4 Å². The van der Waals surface area contributed by atoms with Gasteiger partial charge in [0.2, 0.25) is 5.91 Å². The van der Waals surface area contributed by atoms with Gasteiger partial charge in [-0.15, -0.1) is 5.10 Å². The number of aromatic nitrogens is 5. The second kappa shape index (κ2) is 7.20. The number of hydrogen-bond acceptors (Lipinski definition) is 5. The van der Waals surface area contributed by atoms with Gasteiger partial charge in [0.1, 0.15) is 19.2 Å². The quantitative estimate of drug-likeness (QED) is 0.821. The number of amides is 1. The summed E-state index contributed by atoms with van der Waals surface area (Å²) < 4.78 is 2.62. The first kappa shape index (κ1) is 16.1. The van der Waals surface area contributed by atoms with Crippen LogP contribution in [0, 0.1) is 0 Å². The van der Waals surface area contributed by atoms with Crippen LogP contribution >= 0.6 is 0 Å². The minimum absolute atomic E-state index is 0.0907. The van der Waals surface area contributed by atoms with E-state index in [1.165, 1.54) is 28.1 Å². The molecule has 0 spiro atoms. The average molecular weight is 328 g/mol. The fourth-order valence-electron chi connectivity index (χ4n) is 2.82. The number of rotatable bonds is 5. The van der Waals surface area contributed by atoms with Crippen molar-refractivity contribution in [2.75, 3.05) is 6.54 Å². The van der Waals surface area contributed by atoms with E-state index in [0.29, 0.717) is 12.4 Å². The van der Waals surface area contributed by atoms with Crippen molar-refractivity contribution in [3.8, 4) is 5.82 Å². The molecule has 1 aliphatic rings. The Hall–Kier alpha value is -2.77. The number of carbonyl (C=O) groups excluding carboxylic acids is 1. The summed E-state index contributed by atoms with van der Waals surface area (Å²) in [5.41, 5.74) is 0.732. The minimum Gasteiger partial charge on any atom is -0.315 e. The standard InChI is InChI=1S/C16H20N6O2/c1-2-20(13-6-4-3-5-7-13)16(24)10-21-15(23)9-8-14(19-21)22-12-17-11-18-22/h6,8-9,11-12H,2-5,7,10H2,1H3. The molecule has 8 heteroatoms. The zero-order chi connectivity index (χ0) is 16.9. The van der Waals surface area contributed by atoms with Gasteiger partial charge in [0.25, 0.3) is 5.56 Å². The normalized spacial score (nSPS) is 14.3. The SMILES string of the molecule is CCN(C(=O)Cn1nc(-n2cncn2)ccc1=O)C1=CCCCC1. The highest BCUT2D eigenvalue weighted by atomic mass is 16.2. The molecule has 2 aromatic heterocycles. The largest absolute Gasteiger partial charge is 0.315 e. The Balaban J connectivity index is 1.81. The maximum atomic E-state index is 12.6. The van der Waals surface area contributed by atoms with Crippen LogP contribution in [0.3, 0.4) is 0 Å². The molecule has 0 aliphatic heterocycles. The third-order valence-corrected chi connectivity index (χ3v) is 4.02. The van der Waals surface area contributed by atoms with Crippen LogP contribution in [0.25, 0.3) is 5.82 Å². The van der Waals surface area contributed by atoms with Gasteiger partial charge in [0, 0.05) is 18.3 Å². The first-order valence-corrected chi connectivity index (χ1v) is 8.11. The van der Waals surface area contributed by atoms with Crippen molar-refractivity contribution >= 4 is 5.91 Å². The number of nitrogens with zero attached hydrogens (tertiary/aromatic N) is 6. The van der Waals surface area contributed by atoms with Crippen LogP contribution in [0.2, 0.25) is 0 Å². The smallest absolute Gasteiger partial charge is 0.267 e. The second-order valence-corrected chi connectivity index (χ2v) is 5.61. The molecule has 0 unspecified atom stereocenters. The summed E-state index contributed by atoms with van der Waals surface area (Å²) in [7, 11) is 0. The lowest BCUT2D eigenvalue weighted by Gasteiger charge is -2.26. The predicted octanol–water partition coefficient (Wildman–Crippen LogP) is 1.13. The molecule has 0 saturated carbocycles. The zero-order valence-electron chi connectivity index (χ0n) is 13.6. The van der Waals surface area contributed by atoms with Crippen molar-refractivity contribution in [1.29, 1.82) is 0 Å². The van der Waals surface area contributed by atoms with Gasteiger partial charge in [-0.2, -0.15) is 5.10 Å². The maximum absolute atomic E-state index is 12.6. The van der Waals surface area contributed by atoms with Gasteiger partial charge in [0.05, 0.1) is 0 Å². The second-order valence-electron chi connectivity index (χ2n) is 5.61. The van der Waals surface area contributed by atoms with E-state index in [9.17, 15) is 9.59 Å². The summed E-state index contributed by atoms with van der Waals surface area (Å²) in [6, 6.07) is 2.94. The molecule has 1 amide bonds. The van der Waals surface area contributed by atoms with Gasteiger partial charge in [0.15, 0.2) is 5.82 Å². The van der Waals surface area contributed by atoms with Gasteiger partial charge in [-0.3, -0.25) is 9.59 Å². The monoisotopic (exact) mass is 328 g/mol. The first-order valence-electron chi connectivity index (χ1n) is 8.11. The summed E-state index contributed by atoms with van der Waals surface area (Å²) in [6.07, 6.45) is 9.15. The van der Waals surface area contributed by atoms with E-state index in [4.69, 9.17) is 0 Å². The van der Waals surface area contributed by atoms with E-state index in [2.05, 4.69) is 21.3 Å². The average Bonchev–Trinajstić information content (AvgIpc) is 3.13. The lowest BCUT2D eigenvalue weighted by atomic mass is 10.0. The minimum atomic E-state index is -0.319. The highest BCUT2D eigenvalue weighted by Gasteiger charge is 2.19. The van der Waals surface area contributed by atoms with Crippen LogP contribution in [0.1, 0.15) is 32.6 Å². The summed E-state index contributed by atoms with van der Waals surface area (Å²) in [5, 5.41) is 8.20. The molecular weight excluding hydrogens is 308 g/mol. The Morgan fingerprint density at radius 1 is 1.33 bits per heavy atom. The van der Waals surface area contributed by atoms with E-state index in [1.807, 2.05) is 6.92 Å². The molecule has 2 aromatic rings. The van der Waals surface area contributed by atoms with Crippen LogP contribution in [-0.4, -0.2) is 41.9 Å². The number of hydrogen-bond donors (Lipinski definition) is 0. The molecule has 0 saturated heterocycles. The summed E-state index contributed by atoms with van der Waals surface area (Å²) >= 11 is 0. The molecule has 0 atom stereocenters. The molecule has 2 heterocycles. The van der Waals surface area contributed by atoms with Crippen molar-refractivity contribution in [2.24, 2.45) is 0 Å². The fourth-order valence-corrected chi connectivity index (χ4v) is 2.82. The van der Waals surface area contributed by atoms with Gasteiger partial charge in [-0.1, -0.05) is 6.08 Å². The van der Waals surface area contributed by atoms with Crippen LogP contribution in [0.15, 0.2) is 41.4 Å². The van der Waals surface area contributed by atoms with E-state index in [1.54, 1.807) is 11.0 Å². The highest BCUT2D eigenvalue weighted by Crippen LogP contribution is 2.21. The third-order valence-electron chi connectivity index (χ3n) is 4.02. The molecule has 0 N–H and O–H groups in total. The van der Waals surface area contributed by atoms with Gasteiger partial charge in [-0.05, 0) is 38.7 Å². The fraction of sp³-hybridized carbons (Fsp3) is 0.438. The number of carbonyl (C=O) groups is 1. The van der Waals surface area contributed by atoms with Crippen LogP contribution in [0.5, 0.6) is 0 Å². The summed E-state index contributed by atoms with van der Waals surface area (Å²) in [5.74, 6) is 0.316. The Morgan fingerprint density at radius 2 is 2.21 bits per heavy atom. The Labute approximate surface area is 139 Å². The van der Waals surface area contributed by atoms with Gasteiger partial charge < -0.3 is 4.90 Å². The molecule has 0 fully saturated rings. The molecule has 1 aliphatic carbocycles. The van der Waals surface area contributed by atoms with E-state index in [0.717, 1.165) is 31.4 Å². The zero-order valence-corrected chi connectivity index (χ0v) is 13.6. The number of likely N-dealkylation sites (N-methyl/N-ethyl adjacent to an activating group) is 1. The molecule has 0 radical (unpaired) electrons. The van der Waals surface area contributed by atoms with Crippen LogP contribution < -0.4 is 5.56 Å². The van der Waals surface area contributed by atoms with Crippen molar-refractivity contribution in [3.63, 3.8) is 0 Å².